The van der Waals surface area contributed by atoms with Gasteiger partial charge in [0.2, 0.25) is 5.95 Å². The maximum absolute atomic E-state index is 13.0. The molecule has 0 bridgehead atoms. The highest BCUT2D eigenvalue weighted by Gasteiger charge is 2.39. The number of fused-ring (bicyclic) bond motifs is 1. The number of aromatic nitrogens is 2. The molecule has 1 aliphatic heterocycles. The average Bonchev–Trinajstić information content (AvgIpc) is 3.85. The van der Waals surface area contributed by atoms with Crippen LogP contribution in [0, 0.1) is 0 Å². The van der Waals surface area contributed by atoms with Crippen LogP contribution in [0.15, 0.2) is 72.8 Å². The van der Waals surface area contributed by atoms with Crippen molar-refractivity contribution in [1.29, 1.82) is 0 Å². The van der Waals surface area contributed by atoms with Crippen LogP contribution in [0.2, 0.25) is 0 Å². The number of carbonyl (C=O) groups excluding carboxylic acids is 1. The summed E-state index contributed by atoms with van der Waals surface area (Å²) in [5, 5.41) is 7.42. The summed E-state index contributed by atoms with van der Waals surface area (Å²) in [6.45, 7) is 1.73. The molecule has 3 aromatic carbocycles. The van der Waals surface area contributed by atoms with Gasteiger partial charge >= 0.3 is 6.09 Å². The molecule has 1 aromatic heterocycles. The fourth-order valence-electron chi connectivity index (χ4n) is 5.52. The van der Waals surface area contributed by atoms with Gasteiger partial charge in [-0.25, -0.2) is 9.78 Å². The van der Waals surface area contributed by atoms with Gasteiger partial charge in [-0.1, -0.05) is 60.7 Å². The van der Waals surface area contributed by atoms with Gasteiger partial charge in [-0.2, -0.15) is 4.98 Å². The number of hydrogen-bond acceptors (Lipinski definition) is 8. The second-order valence-corrected chi connectivity index (χ2v) is 11.1. The minimum absolute atomic E-state index is 0.401. The molecule has 9 heteroatoms. The van der Waals surface area contributed by atoms with E-state index in [2.05, 4.69) is 27.7 Å². The smallest absolute Gasteiger partial charge is 0.407 e. The molecule has 2 N–H and O–H groups in total. The first-order valence-electron chi connectivity index (χ1n) is 14.5. The zero-order valence-corrected chi connectivity index (χ0v) is 24.1. The average molecular weight is 568 g/mol. The zero-order chi connectivity index (χ0) is 28.9. The molecule has 218 valence electrons. The number of nitrogens with zero attached hydrogens (tertiary/aromatic N) is 3. The van der Waals surface area contributed by atoms with Crippen LogP contribution in [0.1, 0.15) is 36.8 Å². The molecule has 9 nitrogen and oxygen atoms in total. The highest BCUT2D eigenvalue weighted by Crippen LogP contribution is 2.38. The van der Waals surface area contributed by atoms with Gasteiger partial charge in [0.15, 0.2) is 11.5 Å². The number of hydrogen-bond donors (Lipinski definition) is 2. The van der Waals surface area contributed by atoms with Crippen molar-refractivity contribution in [2.24, 2.45) is 0 Å². The molecule has 4 aromatic rings. The van der Waals surface area contributed by atoms with E-state index in [0.717, 1.165) is 40.7 Å². The largest absolute Gasteiger partial charge is 0.493 e. The molecular weight excluding hydrogens is 530 g/mol. The third-order valence-corrected chi connectivity index (χ3v) is 8.02. The van der Waals surface area contributed by atoms with Crippen LogP contribution < -0.4 is 25.0 Å². The molecule has 2 fully saturated rings. The van der Waals surface area contributed by atoms with Crippen LogP contribution in [-0.4, -0.2) is 55.0 Å². The molecule has 42 heavy (non-hydrogen) atoms. The van der Waals surface area contributed by atoms with Crippen molar-refractivity contribution in [1.82, 2.24) is 15.3 Å². The molecule has 1 amide bonds. The number of amides is 1. The summed E-state index contributed by atoms with van der Waals surface area (Å²) in [6, 6.07) is 24.3. The molecule has 1 saturated heterocycles. The molecule has 6 rings (SSSR count). The van der Waals surface area contributed by atoms with Gasteiger partial charge in [0.25, 0.3) is 0 Å². The Kier molecular flexibility index (Phi) is 7.99. The highest BCUT2D eigenvalue weighted by atomic mass is 16.6. The summed E-state index contributed by atoms with van der Waals surface area (Å²) < 4.78 is 17.3. The highest BCUT2D eigenvalue weighted by molar-refractivity contribution is 5.93. The topological polar surface area (TPSA) is 97.8 Å². The van der Waals surface area contributed by atoms with Crippen molar-refractivity contribution in [3.63, 3.8) is 0 Å². The Labute approximate surface area is 246 Å². The van der Waals surface area contributed by atoms with E-state index in [1.165, 1.54) is 0 Å². The number of benzene rings is 3. The quantitative estimate of drug-likeness (QED) is 0.251. The van der Waals surface area contributed by atoms with Gasteiger partial charge in [0, 0.05) is 56.4 Å². The van der Waals surface area contributed by atoms with Crippen molar-refractivity contribution >= 4 is 28.8 Å². The van der Waals surface area contributed by atoms with E-state index in [1.807, 2.05) is 60.7 Å². The van der Waals surface area contributed by atoms with E-state index in [1.54, 1.807) is 14.2 Å². The number of ether oxygens (including phenoxy) is 3. The van der Waals surface area contributed by atoms with Crippen LogP contribution in [0.5, 0.6) is 11.5 Å². The minimum atomic E-state index is -0.638. The standard InChI is InChI=1S/C33H37N5O4/c1-40-28-19-26-27(20-29(28)41-2)36-31(37-30(26)35-25-13-14-25)38-17-15-33(16-18-38,21-23-9-5-3-6-10-23)42-32(39)34-22-24-11-7-4-8-12-24/h3-12,19-20,25H,13-18,21-22H2,1-2H3,(H,34,39)(H,35,36,37). The molecule has 1 saturated carbocycles. The Morgan fingerprint density at radius 1 is 0.905 bits per heavy atom. The van der Waals surface area contributed by atoms with E-state index in [4.69, 9.17) is 24.2 Å². The molecule has 0 unspecified atom stereocenters. The number of methoxy groups -OCH3 is 2. The van der Waals surface area contributed by atoms with Gasteiger partial charge in [0.1, 0.15) is 11.4 Å². The number of anilines is 2. The van der Waals surface area contributed by atoms with Crippen LogP contribution in [0.25, 0.3) is 10.9 Å². The van der Waals surface area contributed by atoms with Gasteiger partial charge in [0.05, 0.1) is 19.7 Å². The fourth-order valence-corrected chi connectivity index (χ4v) is 5.52. The van der Waals surface area contributed by atoms with Crippen molar-refractivity contribution in [2.45, 2.75) is 50.3 Å². The SMILES string of the molecule is COc1cc2nc(N3CCC(Cc4ccccc4)(OC(=O)NCc4ccccc4)CC3)nc(NC3CC3)c2cc1OC. The van der Waals surface area contributed by atoms with E-state index in [-0.39, 0.29) is 0 Å². The van der Waals surface area contributed by atoms with E-state index < -0.39 is 11.7 Å². The lowest BCUT2D eigenvalue weighted by atomic mass is 9.85. The third-order valence-electron chi connectivity index (χ3n) is 8.02. The summed E-state index contributed by atoms with van der Waals surface area (Å²) in [7, 11) is 3.26. The number of alkyl carbamates (subject to hydrolysis) is 1. The van der Waals surface area contributed by atoms with Crippen molar-refractivity contribution in [2.75, 3.05) is 37.5 Å². The van der Waals surface area contributed by atoms with Crippen LogP contribution in [0.4, 0.5) is 16.6 Å². The number of rotatable bonds is 10. The lowest BCUT2D eigenvalue weighted by Gasteiger charge is -2.41. The lowest BCUT2D eigenvalue weighted by molar-refractivity contribution is -0.00745. The first kappa shape index (κ1) is 27.6. The summed E-state index contributed by atoms with van der Waals surface area (Å²) in [5.74, 6) is 2.73. The van der Waals surface area contributed by atoms with Crippen LogP contribution in [-0.2, 0) is 17.7 Å². The minimum Gasteiger partial charge on any atom is -0.493 e. The maximum Gasteiger partial charge on any atom is 0.407 e. The molecule has 1 aliphatic carbocycles. The van der Waals surface area contributed by atoms with Crippen molar-refractivity contribution in [3.05, 3.63) is 83.9 Å². The Hall–Kier alpha value is -4.53. The summed E-state index contributed by atoms with van der Waals surface area (Å²) in [5.41, 5.74) is 2.32. The van der Waals surface area contributed by atoms with Crippen LogP contribution in [0.3, 0.4) is 0 Å². The fraction of sp³-hybridized carbons (Fsp3) is 0.364. The second kappa shape index (κ2) is 12.1. The van der Waals surface area contributed by atoms with E-state index >= 15 is 0 Å². The van der Waals surface area contributed by atoms with Crippen molar-refractivity contribution < 1.29 is 19.0 Å². The Balaban J connectivity index is 1.23. The Morgan fingerprint density at radius 2 is 1.55 bits per heavy atom. The summed E-state index contributed by atoms with van der Waals surface area (Å²) in [4.78, 5) is 25.1. The number of nitrogens with one attached hydrogen (secondary N) is 2. The number of piperidine rings is 1. The summed E-state index contributed by atoms with van der Waals surface area (Å²) in [6.07, 6.45) is 3.80. The predicted octanol–water partition coefficient (Wildman–Crippen LogP) is 5.73. The monoisotopic (exact) mass is 567 g/mol. The van der Waals surface area contributed by atoms with Crippen molar-refractivity contribution in [3.8, 4) is 11.5 Å². The Bertz CT molecular complexity index is 1520. The lowest BCUT2D eigenvalue weighted by Crippen LogP contribution is -2.50. The first-order chi connectivity index (χ1) is 20.5. The maximum atomic E-state index is 13.0. The van der Waals surface area contributed by atoms with Gasteiger partial charge < -0.3 is 29.7 Å². The molecule has 0 spiro atoms. The molecule has 2 aliphatic rings. The normalized spacial score (nSPS) is 16.1. The molecule has 2 heterocycles. The first-order valence-corrected chi connectivity index (χ1v) is 14.5. The predicted molar refractivity (Wildman–Crippen MR) is 163 cm³/mol. The van der Waals surface area contributed by atoms with Gasteiger partial charge in [-0.05, 0) is 30.0 Å². The Morgan fingerprint density at radius 3 is 2.19 bits per heavy atom. The molecule has 0 radical (unpaired) electrons. The van der Waals surface area contributed by atoms with Gasteiger partial charge in [-0.15, -0.1) is 0 Å². The van der Waals surface area contributed by atoms with E-state index in [9.17, 15) is 4.79 Å². The molecular formula is C33H37N5O4. The summed E-state index contributed by atoms with van der Waals surface area (Å²) >= 11 is 0. The van der Waals surface area contributed by atoms with Gasteiger partial charge in [-0.3, -0.25) is 0 Å². The number of carbonyl (C=O) groups is 1. The molecule has 0 atom stereocenters. The van der Waals surface area contributed by atoms with Crippen LogP contribution >= 0.6 is 0 Å². The zero-order valence-electron chi connectivity index (χ0n) is 24.1. The second-order valence-electron chi connectivity index (χ2n) is 11.1. The third kappa shape index (κ3) is 6.35. The van der Waals surface area contributed by atoms with E-state index in [0.29, 0.717) is 62.4 Å².